The van der Waals surface area contributed by atoms with Crippen LogP contribution in [0, 0.1) is 0 Å². The van der Waals surface area contributed by atoms with Gasteiger partial charge in [-0.15, -0.1) is 0 Å². The van der Waals surface area contributed by atoms with E-state index in [1.165, 1.54) is 59.8 Å². The maximum absolute atomic E-state index is 2.73. The second-order valence-corrected chi connectivity index (χ2v) is 31.1. The second kappa shape index (κ2) is 25.7. The molecule has 526 valence electrons. The number of aromatic nitrogens is 3. The second-order valence-electron chi connectivity index (χ2n) is 31.1. The summed E-state index contributed by atoms with van der Waals surface area (Å²) in [4.78, 5) is 5.45. The van der Waals surface area contributed by atoms with Crippen molar-refractivity contribution in [2.24, 2.45) is 0 Å². The van der Waals surface area contributed by atoms with Gasteiger partial charge in [0.15, 0.2) is 0 Å². The minimum Gasteiger partial charge on any atom is -0.310 e. The first-order valence-corrected chi connectivity index (χ1v) is 39.0. The van der Waals surface area contributed by atoms with Crippen LogP contribution in [0.4, 0.5) is 34.1 Å². The van der Waals surface area contributed by atoms with Crippen molar-refractivity contribution in [3.63, 3.8) is 0 Å². The van der Waals surface area contributed by atoms with Gasteiger partial charge in [0.25, 0.3) is 6.71 Å². The third-order valence-electron chi connectivity index (χ3n) is 23.7. The molecule has 112 heavy (non-hydrogen) atoms. The van der Waals surface area contributed by atoms with Crippen LogP contribution in [0.3, 0.4) is 0 Å². The Morgan fingerprint density at radius 2 is 0.509 bits per heavy atom. The lowest BCUT2D eigenvalue weighted by molar-refractivity contribution is 0.590. The lowest BCUT2D eigenvalue weighted by Crippen LogP contribution is -2.61. The van der Waals surface area contributed by atoms with Crippen molar-refractivity contribution < 1.29 is 0 Å². The fourth-order valence-corrected chi connectivity index (χ4v) is 18.6. The normalized spacial score (nSPS) is 12.5. The molecule has 0 bridgehead atoms. The van der Waals surface area contributed by atoms with E-state index in [-0.39, 0.29) is 12.1 Å². The Morgan fingerprint density at radius 1 is 0.214 bits per heavy atom. The highest BCUT2D eigenvalue weighted by Gasteiger charge is 2.47. The number of hydrogen-bond acceptors (Lipinski definition) is 2. The Kier molecular flexibility index (Phi) is 14.9. The van der Waals surface area contributed by atoms with Crippen molar-refractivity contribution in [2.45, 2.75) is 26.2 Å². The van der Waals surface area contributed by atoms with Crippen LogP contribution in [0.2, 0.25) is 0 Å². The Bertz CT molecular complexity index is 6970. The average Bonchev–Trinajstić information content (AvgIpc) is 0.694. The third-order valence-corrected chi connectivity index (χ3v) is 23.7. The van der Waals surface area contributed by atoms with E-state index in [4.69, 9.17) is 0 Å². The van der Waals surface area contributed by atoms with Gasteiger partial charge >= 0.3 is 0 Å². The summed E-state index contributed by atoms with van der Waals surface area (Å²) in [5.41, 5.74) is 34.9. The van der Waals surface area contributed by atoms with Crippen molar-refractivity contribution in [1.82, 2.24) is 13.7 Å². The van der Waals surface area contributed by atoms with E-state index in [1.54, 1.807) is 0 Å². The molecule has 6 heteroatoms. The molecular formula is C106H74BN5. The molecular weight excluding hydrogens is 1350 g/mol. The Hall–Kier alpha value is -14.2. The van der Waals surface area contributed by atoms with Crippen LogP contribution in [0.15, 0.2) is 394 Å². The molecule has 2 aliphatic heterocycles. The molecule has 0 saturated carbocycles. The average molecular weight is 1430 g/mol. The van der Waals surface area contributed by atoms with Crippen molar-refractivity contribution in [3.05, 3.63) is 400 Å². The number of fused-ring (bicyclic) bond motifs is 13. The Labute approximate surface area is 651 Å². The Morgan fingerprint density at radius 3 is 0.857 bits per heavy atom. The van der Waals surface area contributed by atoms with Crippen LogP contribution >= 0.6 is 0 Å². The molecule has 3 aromatic heterocycles. The minimum atomic E-state index is -0.370. The van der Waals surface area contributed by atoms with Gasteiger partial charge in [0.1, 0.15) is 0 Å². The zero-order chi connectivity index (χ0) is 74.3. The summed E-state index contributed by atoms with van der Waals surface area (Å²) in [5, 5.41) is 7.29. The van der Waals surface area contributed by atoms with Gasteiger partial charge in [0.05, 0.1) is 44.5 Å². The molecule has 0 N–H and O–H groups in total. The smallest absolute Gasteiger partial charge is 0.252 e. The van der Waals surface area contributed by atoms with Crippen molar-refractivity contribution in [1.29, 1.82) is 0 Å². The van der Waals surface area contributed by atoms with Crippen molar-refractivity contribution in [3.8, 4) is 83.8 Å². The summed E-state index contributed by atoms with van der Waals surface area (Å²) in [5.74, 6) is 0. The number of anilines is 6. The first-order valence-electron chi connectivity index (χ1n) is 39.0. The molecule has 0 unspecified atom stereocenters. The lowest BCUT2D eigenvalue weighted by Gasteiger charge is -2.46. The van der Waals surface area contributed by atoms with E-state index in [0.717, 1.165) is 146 Å². The van der Waals surface area contributed by atoms with Crippen LogP contribution in [-0.2, 0) is 5.41 Å². The van der Waals surface area contributed by atoms with Crippen LogP contribution < -0.4 is 26.2 Å². The van der Waals surface area contributed by atoms with Crippen LogP contribution in [0.1, 0.15) is 26.3 Å². The van der Waals surface area contributed by atoms with Gasteiger partial charge < -0.3 is 23.5 Å². The monoisotopic (exact) mass is 1430 g/mol. The molecule has 0 radical (unpaired) electrons. The summed E-state index contributed by atoms with van der Waals surface area (Å²) in [7, 11) is 0. The van der Waals surface area contributed by atoms with E-state index < -0.39 is 0 Å². The quantitative estimate of drug-likeness (QED) is 0.120. The predicted octanol–water partition coefficient (Wildman–Crippen LogP) is 26.4. The van der Waals surface area contributed by atoms with E-state index in [0.29, 0.717) is 0 Å². The van der Waals surface area contributed by atoms with E-state index in [9.17, 15) is 0 Å². The van der Waals surface area contributed by atoms with Gasteiger partial charge in [0, 0.05) is 94.4 Å². The molecule has 0 aliphatic carbocycles. The first kappa shape index (κ1) is 64.9. The fourth-order valence-electron chi connectivity index (χ4n) is 18.6. The highest BCUT2D eigenvalue weighted by Crippen LogP contribution is 2.56. The molecule has 0 amide bonds. The van der Waals surface area contributed by atoms with E-state index in [1.807, 2.05) is 0 Å². The molecule has 17 aromatic carbocycles. The molecule has 5 heterocycles. The van der Waals surface area contributed by atoms with Gasteiger partial charge in [-0.05, 0) is 181 Å². The lowest BCUT2D eigenvalue weighted by atomic mass is 9.33. The van der Waals surface area contributed by atoms with Crippen LogP contribution in [0.5, 0.6) is 0 Å². The number of hydrogen-bond donors (Lipinski definition) is 0. The molecule has 0 atom stereocenters. The summed E-state index contributed by atoms with van der Waals surface area (Å²) in [6, 6.07) is 148. The SMILES string of the molecule is CC(C)(C)c1cc2c3c(c1)N(c1c(-c4ccccc4)cc(-c4ccccc4)cc1-c1ccccc1)c1cc(-n4c5ccccc5c5cc6c7ccccc7n(-c7ccccc7)c6cc54)ccc1B3c1ccc(-n3c4ccccc4c4ccccc43)cc1N2c1c(-c2ccccc2)cc(-c2ccccc2)cc1-c1ccccc1. The van der Waals surface area contributed by atoms with E-state index in [2.05, 4.69) is 439 Å². The van der Waals surface area contributed by atoms with Gasteiger partial charge in [-0.1, -0.05) is 306 Å². The summed E-state index contributed by atoms with van der Waals surface area (Å²) < 4.78 is 7.51. The number of benzene rings is 17. The number of para-hydroxylation sites is 5. The van der Waals surface area contributed by atoms with Gasteiger partial charge in [-0.3, -0.25) is 0 Å². The molecule has 2 aliphatic rings. The van der Waals surface area contributed by atoms with Crippen molar-refractivity contribution in [2.75, 3.05) is 9.80 Å². The maximum Gasteiger partial charge on any atom is 0.252 e. The van der Waals surface area contributed by atoms with Gasteiger partial charge in [-0.25, -0.2) is 0 Å². The summed E-state index contributed by atoms with van der Waals surface area (Å²) in [6.45, 7) is 6.91. The summed E-state index contributed by atoms with van der Waals surface area (Å²) in [6.07, 6.45) is 0. The molecule has 20 aromatic rings. The summed E-state index contributed by atoms with van der Waals surface area (Å²) >= 11 is 0. The highest BCUT2D eigenvalue weighted by molar-refractivity contribution is 7.00. The molecule has 0 spiro atoms. The standard InChI is InChI=1S/C106H74BN5/c1-106(2,3)77-63-101-103-102(64-77)112(105-87(73-41-19-8-20-42-73)61-76(70-35-13-5-14-36-70)62-88(105)74-43-21-9-22-44-74)100-66-80(110-96-54-32-28-50-84(96)90-67-89-83-49-27-31-53-95(83)108(97(89)68-98(90)110)78-45-23-10-24-46-78)56-58-92(100)107(103)91-57-55-79(109-93-51-29-25-47-81(93)82-48-26-30-52-94(82)109)65-99(91)111(101)104-85(71-37-15-6-16-38-71)59-75(69-33-11-4-12-34-69)60-86(104)72-39-17-7-18-40-72/h4-68H,1-3H3. The Balaban J connectivity index is 0.911. The number of rotatable bonds is 11. The third kappa shape index (κ3) is 10.3. The maximum atomic E-state index is 2.73. The van der Waals surface area contributed by atoms with Crippen molar-refractivity contribution >= 4 is 123 Å². The van der Waals surface area contributed by atoms with Crippen LogP contribution in [-0.4, -0.2) is 20.4 Å². The predicted molar refractivity (Wildman–Crippen MR) is 475 cm³/mol. The number of nitrogens with zero attached hydrogens (tertiary/aromatic N) is 5. The fraction of sp³-hybridized carbons (Fsp3) is 0.0377. The molecule has 0 fully saturated rings. The zero-order valence-electron chi connectivity index (χ0n) is 62.3. The van der Waals surface area contributed by atoms with Crippen LogP contribution in [0.25, 0.3) is 149 Å². The van der Waals surface area contributed by atoms with Gasteiger partial charge in [-0.2, -0.15) is 0 Å². The molecule has 0 saturated heterocycles. The highest BCUT2D eigenvalue weighted by atomic mass is 15.2. The molecule has 22 rings (SSSR count). The molecule has 5 nitrogen and oxygen atoms in total. The zero-order valence-corrected chi connectivity index (χ0v) is 62.3. The van der Waals surface area contributed by atoms with Gasteiger partial charge in [0.2, 0.25) is 0 Å². The van der Waals surface area contributed by atoms with E-state index >= 15 is 0 Å². The first-order chi connectivity index (χ1) is 55.2. The largest absolute Gasteiger partial charge is 0.310 e. The topological polar surface area (TPSA) is 21.3 Å². The minimum absolute atomic E-state index is 0.287.